The highest BCUT2D eigenvalue weighted by atomic mass is 35.5. The maximum absolute atomic E-state index is 10.0. The number of nitrogens with one attached hydrogen (secondary N) is 2. The number of hydrogen-bond donors (Lipinski definition) is 2. The lowest BCUT2D eigenvalue weighted by molar-refractivity contribution is 0.0866. The van der Waals surface area contributed by atoms with Crippen molar-refractivity contribution in [2.75, 3.05) is 23.7 Å². The van der Waals surface area contributed by atoms with Gasteiger partial charge in [-0.3, -0.25) is 9.88 Å². The van der Waals surface area contributed by atoms with E-state index in [2.05, 4.69) is 77.5 Å². The number of fused-ring (bicyclic) bond motifs is 1. The Morgan fingerprint density at radius 2 is 1.73 bits per heavy atom. The Kier molecular flexibility index (Phi) is 9.30. The quantitative estimate of drug-likeness (QED) is 0.203. The Morgan fingerprint density at radius 1 is 1.00 bits per heavy atom. The molecule has 2 N–H and O–H groups in total. The summed E-state index contributed by atoms with van der Waals surface area (Å²) in [6, 6.07) is 16.8. The van der Waals surface area contributed by atoms with E-state index in [0.29, 0.717) is 22.5 Å². The second-order valence-corrected chi connectivity index (χ2v) is 14.3. The first-order chi connectivity index (χ1) is 21.7. The van der Waals surface area contributed by atoms with Gasteiger partial charge in [0.2, 0.25) is 0 Å². The fourth-order valence-corrected chi connectivity index (χ4v) is 7.35. The Labute approximate surface area is 272 Å². The van der Waals surface area contributed by atoms with Crippen molar-refractivity contribution < 1.29 is 0 Å². The number of hydrogen-bond acceptors (Lipinski definition) is 7. The highest BCUT2D eigenvalue weighted by Gasteiger charge is 2.29. The zero-order valence-corrected chi connectivity index (χ0v) is 27.7. The largest absolute Gasteiger partial charge is 0.381 e. The van der Waals surface area contributed by atoms with Gasteiger partial charge in [-0.2, -0.15) is 5.26 Å². The third kappa shape index (κ3) is 6.95. The third-order valence-corrected chi connectivity index (χ3v) is 10.0. The molecule has 6 rings (SSSR count). The molecule has 0 bridgehead atoms. The minimum absolute atomic E-state index is 0.173. The maximum Gasteiger partial charge on any atom is 0.109 e. The molecular weight excluding hydrogens is 580 g/mol. The summed E-state index contributed by atoms with van der Waals surface area (Å²) in [6.07, 6.45) is 12.1. The molecule has 2 aromatic carbocycles. The summed E-state index contributed by atoms with van der Waals surface area (Å²) >= 11 is 6.79. The van der Waals surface area contributed by atoms with E-state index in [1.807, 2.05) is 30.3 Å². The molecule has 1 saturated carbocycles. The van der Waals surface area contributed by atoms with Crippen molar-refractivity contribution >= 4 is 33.9 Å². The van der Waals surface area contributed by atoms with Gasteiger partial charge < -0.3 is 10.6 Å². The van der Waals surface area contributed by atoms with Gasteiger partial charge in [0.05, 0.1) is 40.7 Å². The molecule has 3 heterocycles. The summed E-state index contributed by atoms with van der Waals surface area (Å²) in [5.74, 6) is 0.580. The molecule has 4 aromatic rings. The van der Waals surface area contributed by atoms with Crippen LogP contribution in [0.2, 0.25) is 5.02 Å². The average Bonchev–Trinajstić information content (AvgIpc) is 3.54. The highest BCUT2D eigenvalue weighted by Crippen LogP contribution is 2.38. The van der Waals surface area contributed by atoms with Crippen LogP contribution in [0.25, 0.3) is 10.9 Å². The third-order valence-electron chi connectivity index (χ3n) is 9.83. The van der Waals surface area contributed by atoms with E-state index in [1.165, 1.54) is 32.1 Å². The lowest BCUT2D eigenvalue weighted by Crippen LogP contribution is -2.46. The number of piperidine rings is 1. The summed E-state index contributed by atoms with van der Waals surface area (Å²) in [5, 5.41) is 28.3. The number of nitrogens with zero attached hydrogens (tertiary/aromatic N) is 6. The Morgan fingerprint density at radius 3 is 2.42 bits per heavy atom. The van der Waals surface area contributed by atoms with Crippen LogP contribution >= 0.6 is 11.6 Å². The van der Waals surface area contributed by atoms with Gasteiger partial charge in [-0.1, -0.05) is 66.4 Å². The molecular formula is C36H45ClN8. The molecule has 2 aliphatic rings. The van der Waals surface area contributed by atoms with Gasteiger partial charge in [-0.15, -0.1) is 5.10 Å². The van der Waals surface area contributed by atoms with E-state index in [1.54, 1.807) is 6.20 Å². The van der Waals surface area contributed by atoms with Crippen molar-refractivity contribution in [1.82, 2.24) is 24.9 Å². The maximum atomic E-state index is 10.0. The first-order valence-electron chi connectivity index (χ1n) is 16.5. The van der Waals surface area contributed by atoms with Crippen molar-refractivity contribution in [3.05, 3.63) is 76.7 Å². The molecule has 8 nitrogen and oxygen atoms in total. The van der Waals surface area contributed by atoms with Crippen LogP contribution in [-0.2, 0) is 0 Å². The number of likely N-dealkylation sites (tertiary alicyclic amines) is 1. The van der Waals surface area contributed by atoms with Gasteiger partial charge >= 0.3 is 0 Å². The normalized spacial score (nSPS) is 18.4. The van der Waals surface area contributed by atoms with Crippen LogP contribution in [0, 0.1) is 17.2 Å². The van der Waals surface area contributed by atoms with Crippen LogP contribution in [-0.4, -0.2) is 49.5 Å². The first kappa shape index (κ1) is 31.3. The Hall–Kier alpha value is -3.67. The molecule has 0 radical (unpaired) electrons. The second kappa shape index (κ2) is 13.4. The molecule has 0 spiro atoms. The highest BCUT2D eigenvalue weighted by molar-refractivity contribution is 6.32. The minimum atomic E-state index is -0.272. The molecule has 2 fully saturated rings. The summed E-state index contributed by atoms with van der Waals surface area (Å²) in [5.41, 5.74) is 4.96. The number of nitriles is 1. The summed E-state index contributed by atoms with van der Waals surface area (Å²) in [7, 11) is 0. The van der Waals surface area contributed by atoms with E-state index in [-0.39, 0.29) is 17.6 Å². The standard InChI is InChI=1S/C36H45ClN8/c1-24(25-11-7-5-8-12-25)40-33-27(21-38)22-39-35-30(33)19-28(37)20-31(35)41-34(26-13-9-6-10-14-26)32-23-45(43-42-32)29-15-17-44(18-16-29)36(2,3)4/h6,9-10,13-14,19-20,22-25,29,34,41H,5,7-8,11-12,15-18H2,1-4H3,(H,39,40)/t24-,34+/m1/s1. The summed E-state index contributed by atoms with van der Waals surface area (Å²) in [4.78, 5) is 7.34. The fraction of sp³-hybridized carbons (Fsp3) is 0.500. The zero-order chi connectivity index (χ0) is 31.6. The van der Waals surface area contributed by atoms with Crippen molar-refractivity contribution in [2.24, 2.45) is 5.92 Å². The minimum Gasteiger partial charge on any atom is -0.381 e. The van der Waals surface area contributed by atoms with E-state index in [9.17, 15) is 5.26 Å². The smallest absolute Gasteiger partial charge is 0.109 e. The van der Waals surface area contributed by atoms with Gasteiger partial charge in [-0.05, 0) is 77.0 Å². The molecule has 1 aliphatic carbocycles. The van der Waals surface area contributed by atoms with Gasteiger partial charge in [0.25, 0.3) is 0 Å². The van der Waals surface area contributed by atoms with Crippen LogP contribution in [0.15, 0.2) is 54.9 Å². The molecule has 9 heteroatoms. The fourth-order valence-electron chi connectivity index (χ4n) is 7.13. The summed E-state index contributed by atoms with van der Waals surface area (Å²) < 4.78 is 2.05. The number of anilines is 2. The van der Waals surface area contributed by atoms with E-state index < -0.39 is 0 Å². The monoisotopic (exact) mass is 624 g/mol. The molecule has 2 aromatic heterocycles. The van der Waals surface area contributed by atoms with Crippen LogP contribution in [0.4, 0.5) is 11.4 Å². The SMILES string of the molecule is C[C@@H](Nc1c(C#N)cnc2c(N[C@@H](c3ccccc3)c3cn(C4CCN(C(C)(C)C)CC4)nn3)cc(Cl)cc12)C1CCCCC1. The van der Waals surface area contributed by atoms with Crippen LogP contribution in [0.3, 0.4) is 0 Å². The van der Waals surface area contributed by atoms with Gasteiger partial charge in [0.15, 0.2) is 0 Å². The van der Waals surface area contributed by atoms with Crippen molar-refractivity contribution in [3.63, 3.8) is 0 Å². The summed E-state index contributed by atoms with van der Waals surface area (Å²) in [6.45, 7) is 11.2. The van der Waals surface area contributed by atoms with Gasteiger partial charge in [0, 0.05) is 41.3 Å². The predicted octanol–water partition coefficient (Wildman–Crippen LogP) is 8.37. The topological polar surface area (TPSA) is 94.7 Å². The first-order valence-corrected chi connectivity index (χ1v) is 16.9. The van der Waals surface area contributed by atoms with E-state index in [4.69, 9.17) is 21.7 Å². The molecule has 236 valence electrons. The average molecular weight is 625 g/mol. The van der Waals surface area contributed by atoms with Crippen LogP contribution < -0.4 is 10.6 Å². The van der Waals surface area contributed by atoms with E-state index in [0.717, 1.165) is 59.5 Å². The Balaban J connectivity index is 1.33. The zero-order valence-electron chi connectivity index (χ0n) is 26.9. The number of benzene rings is 2. The molecule has 45 heavy (non-hydrogen) atoms. The Bertz CT molecular complexity index is 1640. The lowest BCUT2D eigenvalue weighted by Gasteiger charge is -2.40. The predicted molar refractivity (Wildman–Crippen MR) is 183 cm³/mol. The number of rotatable bonds is 8. The van der Waals surface area contributed by atoms with E-state index >= 15 is 0 Å². The number of halogens is 1. The molecule has 0 amide bonds. The van der Waals surface area contributed by atoms with Gasteiger partial charge in [-0.25, -0.2) is 4.68 Å². The number of aromatic nitrogens is 4. The van der Waals surface area contributed by atoms with Crippen molar-refractivity contribution in [3.8, 4) is 6.07 Å². The second-order valence-electron chi connectivity index (χ2n) is 13.8. The molecule has 1 aliphatic heterocycles. The van der Waals surface area contributed by atoms with Gasteiger partial charge in [0.1, 0.15) is 11.8 Å². The molecule has 0 unspecified atom stereocenters. The number of pyridine rings is 1. The van der Waals surface area contributed by atoms with Crippen molar-refractivity contribution in [2.45, 2.75) is 96.3 Å². The van der Waals surface area contributed by atoms with Crippen LogP contribution in [0.5, 0.6) is 0 Å². The van der Waals surface area contributed by atoms with Crippen molar-refractivity contribution in [1.29, 1.82) is 5.26 Å². The molecule has 1 saturated heterocycles. The lowest BCUT2D eigenvalue weighted by atomic mass is 9.84. The molecule has 2 atom stereocenters. The van der Waals surface area contributed by atoms with Crippen LogP contribution in [0.1, 0.15) is 102 Å².